The summed E-state index contributed by atoms with van der Waals surface area (Å²) < 4.78 is 0. The van der Waals surface area contributed by atoms with Gasteiger partial charge in [-0.1, -0.05) is 98.1 Å². The number of ketones is 4. The van der Waals surface area contributed by atoms with Gasteiger partial charge in [0.1, 0.15) is 11.9 Å². The largest absolute Gasteiger partial charge is 0.307 e. The Kier molecular flexibility index (Phi) is 10.7. The van der Waals surface area contributed by atoms with Crippen LogP contribution in [0.5, 0.6) is 0 Å². The second-order valence-corrected chi connectivity index (χ2v) is 21.1. The number of hydrogen-bond donors (Lipinski definition) is 0. The molecule has 0 bridgehead atoms. The first-order valence-electron chi connectivity index (χ1n) is 21.6. The van der Waals surface area contributed by atoms with E-state index in [9.17, 15) is 24.4 Å². The molecular formula is C50H66N2O4. The van der Waals surface area contributed by atoms with Crippen LogP contribution < -0.4 is 0 Å². The van der Waals surface area contributed by atoms with Crippen LogP contribution in [0.15, 0.2) is 57.9 Å². The van der Waals surface area contributed by atoms with E-state index in [0.29, 0.717) is 28.3 Å². The number of hydrogen-bond acceptors (Lipinski definition) is 5. The van der Waals surface area contributed by atoms with Crippen molar-refractivity contribution >= 4 is 23.1 Å². The first-order valence-corrected chi connectivity index (χ1v) is 21.6. The highest BCUT2D eigenvalue weighted by Gasteiger charge is 2.59. The van der Waals surface area contributed by atoms with Crippen molar-refractivity contribution in [1.82, 2.24) is 0 Å². The van der Waals surface area contributed by atoms with Crippen molar-refractivity contribution in [3.05, 3.63) is 69.3 Å². The van der Waals surface area contributed by atoms with Crippen molar-refractivity contribution in [3.63, 3.8) is 0 Å². The Balaban J connectivity index is 0.000000149. The molecule has 8 aliphatic carbocycles. The first kappa shape index (κ1) is 42.0. The summed E-state index contributed by atoms with van der Waals surface area (Å²) in [5.41, 5.74) is 4.97. The van der Waals surface area contributed by atoms with Crippen LogP contribution in [0, 0.1) is 67.6 Å². The molecule has 0 spiro atoms. The lowest BCUT2D eigenvalue weighted by atomic mass is 9.44. The molecule has 0 N–H and O–H groups in total. The Bertz CT molecular complexity index is 1990. The van der Waals surface area contributed by atoms with Crippen molar-refractivity contribution in [1.29, 1.82) is 5.26 Å². The number of fused-ring (bicyclic) bond motifs is 7. The lowest BCUT2D eigenvalue weighted by Crippen LogP contribution is -2.54. The summed E-state index contributed by atoms with van der Waals surface area (Å²) in [5.74, 6) is 1.09. The number of carbonyl (C=O) groups excluding carboxylic acids is 4. The highest BCUT2D eigenvalue weighted by atomic mass is 16.1. The monoisotopic (exact) mass is 759 g/mol. The van der Waals surface area contributed by atoms with E-state index in [1.54, 1.807) is 23.8 Å². The lowest BCUT2D eigenvalue weighted by molar-refractivity contribution is -0.141. The fourth-order valence-corrected chi connectivity index (χ4v) is 13.6. The summed E-state index contributed by atoms with van der Waals surface area (Å²) in [4.78, 5) is 52.3. The average molecular weight is 759 g/mol. The molecule has 4 fully saturated rings. The van der Waals surface area contributed by atoms with E-state index in [2.05, 4.69) is 45.5 Å². The zero-order valence-corrected chi connectivity index (χ0v) is 36.1. The molecule has 6 nitrogen and oxygen atoms in total. The second-order valence-electron chi connectivity index (χ2n) is 21.1. The number of rotatable bonds is 0. The molecule has 6 heteroatoms. The van der Waals surface area contributed by atoms with Crippen molar-refractivity contribution in [2.45, 2.75) is 166 Å². The van der Waals surface area contributed by atoms with E-state index in [-0.39, 0.29) is 45.0 Å². The smallest absolute Gasteiger partial charge is 0.226 e. The molecule has 56 heavy (non-hydrogen) atoms. The molecule has 0 aliphatic heterocycles. The maximum absolute atomic E-state index is 12.7. The third kappa shape index (κ3) is 6.60. The van der Waals surface area contributed by atoms with Crippen molar-refractivity contribution in [2.24, 2.45) is 49.7 Å². The fourth-order valence-electron chi connectivity index (χ4n) is 13.6. The van der Waals surface area contributed by atoms with Gasteiger partial charge in [-0.05, 0) is 129 Å². The Morgan fingerprint density at radius 3 is 2.09 bits per heavy atom. The minimum atomic E-state index is -0.645. The summed E-state index contributed by atoms with van der Waals surface area (Å²) in [6.07, 6.45) is 24.6. The second kappa shape index (κ2) is 14.3. The van der Waals surface area contributed by atoms with E-state index < -0.39 is 10.8 Å². The molecule has 0 aromatic heterocycles. The third-order valence-electron chi connectivity index (χ3n) is 16.9. The van der Waals surface area contributed by atoms with E-state index >= 15 is 0 Å². The molecule has 0 aromatic rings. The number of allylic oxidation sites excluding steroid dienone is 10. The Morgan fingerprint density at radius 2 is 1.41 bits per heavy atom. The van der Waals surface area contributed by atoms with Crippen molar-refractivity contribution < 1.29 is 19.2 Å². The predicted molar refractivity (Wildman–Crippen MR) is 222 cm³/mol. The van der Waals surface area contributed by atoms with Crippen LogP contribution in [0.4, 0.5) is 0 Å². The summed E-state index contributed by atoms with van der Waals surface area (Å²) in [5, 5.41) is 9.20. The molecule has 0 aromatic carbocycles. The predicted octanol–water partition coefficient (Wildman–Crippen LogP) is 11.9. The lowest BCUT2D eigenvalue weighted by Gasteiger charge is -2.60. The highest BCUT2D eigenvalue weighted by molar-refractivity contribution is 6.09. The van der Waals surface area contributed by atoms with Gasteiger partial charge in [0.05, 0.1) is 12.1 Å². The van der Waals surface area contributed by atoms with Gasteiger partial charge in [0.2, 0.25) is 5.70 Å². The quantitative estimate of drug-likeness (QED) is 0.181. The molecule has 0 unspecified atom stereocenters. The summed E-state index contributed by atoms with van der Waals surface area (Å²) in [6, 6.07) is 1.99. The summed E-state index contributed by atoms with van der Waals surface area (Å²) in [6.45, 7) is 29.0. The van der Waals surface area contributed by atoms with Crippen LogP contribution in [-0.2, 0) is 19.2 Å². The van der Waals surface area contributed by atoms with Gasteiger partial charge in [0.25, 0.3) is 0 Å². The maximum Gasteiger partial charge on any atom is 0.226 e. The van der Waals surface area contributed by atoms with E-state index in [1.165, 1.54) is 63.4 Å². The van der Waals surface area contributed by atoms with Crippen molar-refractivity contribution in [3.8, 4) is 6.07 Å². The van der Waals surface area contributed by atoms with Gasteiger partial charge in [-0.15, -0.1) is 0 Å². The molecule has 0 amide bonds. The van der Waals surface area contributed by atoms with Crippen LogP contribution >= 0.6 is 0 Å². The molecule has 7 atom stereocenters. The summed E-state index contributed by atoms with van der Waals surface area (Å²) in [7, 11) is 0. The first-order chi connectivity index (χ1) is 26.0. The summed E-state index contributed by atoms with van der Waals surface area (Å²) >= 11 is 0. The van der Waals surface area contributed by atoms with Crippen LogP contribution in [0.1, 0.15) is 166 Å². The normalized spacial score (nSPS) is 39.3. The fraction of sp³-hybridized carbons (Fsp3) is 0.680. The minimum absolute atomic E-state index is 0.0344. The van der Waals surface area contributed by atoms with Gasteiger partial charge in [-0.3, -0.25) is 14.4 Å². The standard InChI is InChI=1S/C20H20N2O2.C18H28O.C12H18O/c1-18(2)15-6-7-19(3)9-12(11-21)14(23)8-16(19)20(15,4)10-13(22-5)17(18)24;1-16(2)13-8-11-17(3)10-6-5-7-14(17)18(13,4)12-9-15(16)19;1-9-10-5-3-4-7-12(10,2)8-6-11(9)13/h8-10,15H,6-7H2,1-4H3;7,13H,5-6,8-12H2,1-4H3;3-8H2,1-2H3/t15-,19-,20-;13-,17+,18-;12-/m001/s1. The topological polar surface area (TPSA) is 96.4 Å². The van der Waals surface area contributed by atoms with Crippen LogP contribution in [0.25, 0.3) is 4.85 Å². The molecule has 4 saturated carbocycles. The molecule has 8 aliphatic rings. The zero-order chi connectivity index (χ0) is 41.3. The van der Waals surface area contributed by atoms with Gasteiger partial charge in [-0.2, -0.15) is 5.26 Å². The van der Waals surface area contributed by atoms with Gasteiger partial charge in [0.15, 0.2) is 17.3 Å². The van der Waals surface area contributed by atoms with Crippen LogP contribution in [-0.4, -0.2) is 23.1 Å². The van der Waals surface area contributed by atoms with E-state index in [4.69, 9.17) is 6.57 Å². The number of carbonyl (C=O) groups is 4. The maximum atomic E-state index is 12.7. The minimum Gasteiger partial charge on any atom is -0.307 e. The molecule has 300 valence electrons. The van der Waals surface area contributed by atoms with Gasteiger partial charge >= 0.3 is 0 Å². The number of Topliss-reactive ketones (excluding diaryl/α,β-unsaturated/α-hetero) is 3. The highest BCUT2D eigenvalue weighted by Crippen LogP contribution is 2.66. The van der Waals surface area contributed by atoms with Gasteiger partial charge < -0.3 is 4.79 Å². The average Bonchev–Trinajstić information content (AvgIpc) is 3.14. The molecule has 0 heterocycles. The number of nitriles is 1. The SMILES string of the molecule is CC1(C)C(=O)CC[C@]2(C)C3=CCCC[C@]3(C)CC[C@@H]12.CC1=C2CCCC[C@]2(C)CCC1=O.[C-]#[N+]C1=C[C@]2(C)C3=CC(=O)C(C#N)=C[C@]3(C)CC[C@H]2C(C)(C)C1=O. The Labute approximate surface area is 337 Å². The zero-order valence-electron chi connectivity index (χ0n) is 36.1. The van der Waals surface area contributed by atoms with Crippen LogP contribution in [0.2, 0.25) is 0 Å². The Morgan fingerprint density at radius 1 is 0.732 bits per heavy atom. The van der Waals surface area contributed by atoms with Gasteiger partial charge in [-0.25, -0.2) is 4.85 Å². The van der Waals surface area contributed by atoms with Gasteiger partial charge in [0, 0.05) is 34.5 Å². The third-order valence-corrected chi connectivity index (χ3v) is 16.9. The molecule has 0 radical (unpaired) electrons. The van der Waals surface area contributed by atoms with E-state index in [0.717, 1.165) is 49.7 Å². The molecule has 0 saturated heterocycles. The van der Waals surface area contributed by atoms with Crippen LogP contribution in [0.3, 0.4) is 0 Å². The number of nitrogens with zero attached hydrogens (tertiary/aromatic N) is 2. The Hall–Kier alpha value is -3.64. The van der Waals surface area contributed by atoms with Crippen molar-refractivity contribution in [2.75, 3.05) is 0 Å². The molecule has 8 rings (SSSR count). The molecular weight excluding hydrogens is 693 g/mol. The van der Waals surface area contributed by atoms with E-state index in [1.807, 2.05) is 40.7 Å².